The molecule has 90 valence electrons. The summed E-state index contributed by atoms with van der Waals surface area (Å²) < 4.78 is 1.71. The van der Waals surface area contributed by atoms with Gasteiger partial charge in [0, 0.05) is 19.7 Å². The zero-order valence-electron chi connectivity index (χ0n) is 10.5. The van der Waals surface area contributed by atoms with Crippen molar-refractivity contribution in [3.8, 4) is 0 Å². The van der Waals surface area contributed by atoms with Gasteiger partial charge < -0.3 is 5.11 Å². The average Bonchev–Trinajstić information content (AvgIpc) is 2.70. The largest absolute Gasteiger partial charge is 0.386 e. The molecule has 1 aromatic heterocycles. The monoisotopic (exact) mass is 230 g/mol. The van der Waals surface area contributed by atoms with Crippen LogP contribution in [0.2, 0.25) is 0 Å². The van der Waals surface area contributed by atoms with E-state index in [2.05, 4.69) is 37.1 Å². The molecular formula is C14H18N2O. The zero-order chi connectivity index (χ0) is 12.4. The molecule has 1 heterocycles. The molecule has 3 heteroatoms. The molecule has 0 aliphatic rings. The van der Waals surface area contributed by atoms with Crippen LogP contribution in [0.4, 0.5) is 0 Å². The van der Waals surface area contributed by atoms with Crippen molar-refractivity contribution in [3.63, 3.8) is 0 Å². The summed E-state index contributed by atoms with van der Waals surface area (Å²) in [7, 11) is 1.85. The summed E-state index contributed by atoms with van der Waals surface area (Å²) in [4.78, 5) is 0. The molecule has 0 aliphatic carbocycles. The normalized spacial score (nSPS) is 12.7. The van der Waals surface area contributed by atoms with Gasteiger partial charge in [-0.25, -0.2) is 0 Å². The van der Waals surface area contributed by atoms with Gasteiger partial charge in [-0.05, 0) is 36.6 Å². The van der Waals surface area contributed by atoms with Gasteiger partial charge >= 0.3 is 0 Å². The topological polar surface area (TPSA) is 38.0 Å². The fourth-order valence-electron chi connectivity index (χ4n) is 1.87. The first kappa shape index (κ1) is 11.9. The molecule has 2 rings (SSSR count). The summed E-state index contributed by atoms with van der Waals surface area (Å²) in [6.07, 6.45) is 1.93. The van der Waals surface area contributed by atoms with Crippen LogP contribution in [0.3, 0.4) is 0 Å². The fourth-order valence-corrected chi connectivity index (χ4v) is 1.87. The first-order valence-corrected chi connectivity index (χ1v) is 5.80. The van der Waals surface area contributed by atoms with Crippen molar-refractivity contribution >= 4 is 0 Å². The molecule has 1 N–H and O–H groups in total. The molecule has 0 spiro atoms. The lowest BCUT2D eigenvalue weighted by atomic mass is 10.0. The van der Waals surface area contributed by atoms with Gasteiger partial charge in [0.05, 0.1) is 5.69 Å². The lowest BCUT2D eigenvalue weighted by molar-refractivity contribution is 0.172. The number of aryl methyl sites for hydroxylation is 3. The first-order valence-electron chi connectivity index (χ1n) is 5.80. The fraction of sp³-hybridized carbons (Fsp3) is 0.357. The molecule has 0 amide bonds. The summed E-state index contributed by atoms with van der Waals surface area (Å²) in [5.74, 6) is 0. The Kier molecular flexibility index (Phi) is 3.29. The van der Waals surface area contributed by atoms with Gasteiger partial charge in [-0.15, -0.1) is 0 Å². The highest BCUT2D eigenvalue weighted by Crippen LogP contribution is 2.18. The predicted octanol–water partition coefficient (Wildman–Crippen LogP) is 2.31. The van der Waals surface area contributed by atoms with E-state index in [4.69, 9.17) is 0 Å². The van der Waals surface area contributed by atoms with E-state index in [1.807, 2.05) is 19.3 Å². The van der Waals surface area contributed by atoms with E-state index in [-0.39, 0.29) is 0 Å². The third kappa shape index (κ3) is 2.74. The van der Waals surface area contributed by atoms with Crippen molar-refractivity contribution in [2.45, 2.75) is 26.4 Å². The number of benzene rings is 1. The van der Waals surface area contributed by atoms with Crippen LogP contribution in [-0.4, -0.2) is 14.9 Å². The maximum absolute atomic E-state index is 10.1. The minimum atomic E-state index is -0.529. The maximum Gasteiger partial charge on any atom is 0.102 e. The van der Waals surface area contributed by atoms with Crippen molar-refractivity contribution in [1.82, 2.24) is 9.78 Å². The molecule has 2 aromatic rings. The highest BCUT2D eigenvalue weighted by molar-refractivity contribution is 5.30. The number of aliphatic hydroxyl groups is 1. The highest BCUT2D eigenvalue weighted by atomic mass is 16.3. The van der Waals surface area contributed by atoms with Gasteiger partial charge in [0.1, 0.15) is 6.10 Å². The SMILES string of the molecule is Cc1ccc(CC(O)c2ccn(C)n2)cc1C. The molecule has 0 aliphatic heterocycles. The second kappa shape index (κ2) is 4.72. The first-order chi connectivity index (χ1) is 8.06. The summed E-state index contributed by atoms with van der Waals surface area (Å²) in [6, 6.07) is 8.14. The maximum atomic E-state index is 10.1. The molecule has 17 heavy (non-hydrogen) atoms. The predicted molar refractivity (Wildman–Crippen MR) is 67.8 cm³/mol. The molecular weight excluding hydrogens is 212 g/mol. The van der Waals surface area contributed by atoms with Gasteiger partial charge in [0.25, 0.3) is 0 Å². The van der Waals surface area contributed by atoms with Crippen LogP contribution < -0.4 is 0 Å². The van der Waals surface area contributed by atoms with Crippen molar-refractivity contribution < 1.29 is 5.11 Å². The lowest BCUT2D eigenvalue weighted by Gasteiger charge is -2.09. The molecule has 0 saturated carbocycles. The molecule has 1 atom stereocenters. The van der Waals surface area contributed by atoms with Crippen LogP contribution in [0.1, 0.15) is 28.5 Å². The summed E-state index contributed by atoms with van der Waals surface area (Å²) in [5.41, 5.74) is 4.41. The van der Waals surface area contributed by atoms with Gasteiger partial charge in [-0.2, -0.15) is 5.10 Å². The number of hydrogen-bond donors (Lipinski definition) is 1. The summed E-state index contributed by atoms with van der Waals surface area (Å²) >= 11 is 0. The number of aromatic nitrogens is 2. The van der Waals surface area contributed by atoms with Gasteiger partial charge in [0.2, 0.25) is 0 Å². The smallest absolute Gasteiger partial charge is 0.102 e. The van der Waals surface area contributed by atoms with Crippen LogP contribution in [0.15, 0.2) is 30.5 Å². The minimum absolute atomic E-state index is 0.529. The Bertz CT molecular complexity index is 517. The molecule has 0 fully saturated rings. The zero-order valence-corrected chi connectivity index (χ0v) is 10.5. The highest BCUT2D eigenvalue weighted by Gasteiger charge is 2.11. The number of nitrogens with zero attached hydrogens (tertiary/aromatic N) is 2. The third-order valence-corrected chi connectivity index (χ3v) is 3.08. The number of aliphatic hydroxyl groups excluding tert-OH is 1. The second-order valence-electron chi connectivity index (χ2n) is 4.55. The van der Waals surface area contributed by atoms with E-state index in [0.29, 0.717) is 6.42 Å². The number of rotatable bonds is 3. The van der Waals surface area contributed by atoms with Gasteiger partial charge in [-0.1, -0.05) is 18.2 Å². The Hall–Kier alpha value is -1.61. The average molecular weight is 230 g/mol. The van der Waals surface area contributed by atoms with Crippen molar-refractivity contribution in [3.05, 3.63) is 52.8 Å². The van der Waals surface area contributed by atoms with E-state index >= 15 is 0 Å². The van der Waals surface area contributed by atoms with E-state index in [1.54, 1.807) is 4.68 Å². The van der Waals surface area contributed by atoms with Crippen LogP contribution >= 0.6 is 0 Å². The van der Waals surface area contributed by atoms with E-state index in [1.165, 1.54) is 11.1 Å². The molecule has 1 aromatic carbocycles. The van der Waals surface area contributed by atoms with Crippen LogP contribution in [0.5, 0.6) is 0 Å². The van der Waals surface area contributed by atoms with Gasteiger partial charge in [0.15, 0.2) is 0 Å². The van der Waals surface area contributed by atoms with Crippen LogP contribution in [0.25, 0.3) is 0 Å². The molecule has 0 saturated heterocycles. The quantitative estimate of drug-likeness (QED) is 0.878. The molecule has 0 radical (unpaired) electrons. The number of hydrogen-bond acceptors (Lipinski definition) is 2. The van der Waals surface area contributed by atoms with Crippen LogP contribution in [-0.2, 0) is 13.5 Å². The standard InChI is InChI=1S/C14H18N2O/c1-10-4-5-12(8-11(10)2)9-14(17)13-6-7-16(3)15-13/h4-8,14,17H,9H2,1-3H3. The van der Waals surface area contributed by atoms with E-state index in [9.17, 15) is 5.11 Å². The van der Waals surface area contributed by atoms with Crippen molar-refractivity contribution in [2.75, 3.05) is 0 Å². The molecule has 3 nitrogen and oxygen atoms in total. The van der Waals surface area contributed by atoms with E-state index < -0.39 is 6.10 Å². The van der Waals surface area contributed by atoms with Gasteiger partial charge in [-0.3, -0.25) is 4.68 Å². The Morgan fingerprint density at radius 2 is 2.00 bits per heavy atom. The lowest BCUT2D eigenvalue weighted by Crippen LogP contribution is -2.04. The van der Waals surface area contributed by atoms with Crippen LogP contribution in [0, 0.1) is 13.8 Å². The van der Waals surface area contributed by atoms with Crippen molar-refractivity contribution in [2.24, 2.45) is 7.05 Å². The summed E-state index contributed by atoms with van der Waals surface area (Å²) in [5, 5.41) is 14.3. The summed E-state index contributed by atoms with van der Waals surface area (Å²) in [6.45, 7) is 4.18. The Morgan fingerprint density at radius 3 is 2.59 bits per heavy atom. The molecule has 0 bridgehead atoms. The second-order valence-corrected chi connectivity index (χ2v) is 4.55. The van der Waals surface area contributed by atoms with E-state index in [0.717, 1.165) is 11.3 Å². The molecule has 1 unspecified atom stereocenters. The Morgan fingerprint density at radius 1 is 1.24 bits per heavy atom. The third-order valence-electron chi connectivity index (χ3n) is 3.08. The van der Waals surface area contributed by atoms with Crippen molar-refractivity contribution in [1.29, 1.82) is 0 Å². The Labute approximate surface area is 102 Å². The Balaban J connectivity index is 2.12. The minimum Gasteiger partial charge on any atom is -0.386 e.